The maximum Gasteiger partial charge on any atom is 0.0593 e. The van der Waals surface area contributed by atoms with E-state index in [1.54, 1.807) is 0 Å². The van der Waals surface area contributed by atoms with Crippen LogP contribution in [0.25, 0.3) is 0 Å². The van der Waals surface area contributed by atoms with Gasteiger partial charge in [0, 0.05) is 16.5 Å². The molecule has 0 saturated heterocycles. The topological polar surface area (TPSA) is 26.0 Å². The van der Waals surface area contributed by atoms with Gasteiger partial charge in [0.15, 0.2) is 0 Å². The highest BCUT2D eigenvalue weighted by Crippen LogP contribution is 2.48. The van der Waals surface area contributed by atoms with Crippen molar-refractivity contribution >= 4 is 11.8 Å². The van der Waals surface area contributed by atoms with E-state index in [0.717, 1.165) is 5.70 Å². The second kappa shape index (κ2) is 2.92. The van der Waals surface area contributed by atoms with Gasteiger partial charge < -0.3 is 5.73 Å². The van der Waals surface area contributed by atoms with Gasteiger partial charge in [0.05, 0.1) is 5.25 Å². The van der Waals surface area contributed by atoms with E-state index in [1.807, 2.05) is 17.8 Å². The first-order valence-corrected chi connectivity index (χ1v) is 5.63. The fraction of sp³-hybridized carbons (Fsp3) is 0.167. The lowest BCUT2D eigenvalue weighted by Gasteiger charge is -2.19. The van der Waals surface area contributed by atoms with Gasteiger partial charge in [-0.15, -0.1) is 11.8 Å². The summed E-state index contributed by atoms with van der Waals surface area (Å²) in [5, 5.41) is 0.428. The number of hydrogen-bond donors (Lipinski definition) is 1. The first kappa shape index (κ1) is 8.18. The standard InChI is InChI=1S/C12H11NS/c13-10-6-3-5-9-8-4-1-2-7-11(8)14-12(9)10/h1-7,9,12H,13H2. The van der Waals surface area contributed by atoms with Crippen molar-refractivity contribution in [2.45, 2.75) is 16.1 Å². The van der Waals surface area contributed by atoms with E-state index >= 15 is 0 Å². The summed E-state index contributed by atoms with van der Waals surface area (Å²) in [6, 6.07) is 8.58. The smallest absolute Gasteiger partial charge is 0.0593 e. The predicted molar refractivity (Wildman–Crippen MR) is 60.2 cm³/mol. The number of nitrogens with two attached hydrogens (primary N) is 1. The number of allylic oxidation sites excluding steroid dienone is 3. The minimum Gasteiger partial charge on any atom is -0.401 e. The van der Waals surface area contributed by atoms with Crippen LogP contribution in [0.3, 0.4) is 0 Å². The van der Waals surface area contributed by atoms with Crippen LogP contribution in [0, 0.1) is 0 Å². The van der Waals surface area contributed by atoms with Crippen LogP contribution >= 0.6 is 11.8 Å². The van der Waals surface area contributed by atoms with E-state index < -0.39 is 0 Å². The third kappa shape index (κ3) is 1.04. The molecule has 1 heterocycles. The Kier molecular flexibility index (Phi) is 1.71. The third-order valence-electron chi connectivity index (χ3n) is 2.79. The number of hydrogen-bond acceptors (Lipinski definition) is 2. The molecule has 1 aromatic carbocycles. The highest BCUT2D eigenvalue weighted by Gasteiger charge is 2.33. The van der Waals surface area contributed by atoms with E-state index in [2.05, 4.69) is 36.4 Å². The number of rotatable bonds is 0. The zero-order valence-electron chi connectivity index (χ0n) is 7.68. The summed E-state index contributed by atoms with van der Waals surface area (Å²) < 4.78 is 0. The van der Waals surface area contributed by atoms with Gasteiger partial charge in [0.1, 0.15) is 0 Å². The molecule has 1 nitrogen and oxygen atoms in total. The summed E-state index contributed by atoms with van der Waals surface area (Å²) >= 11 is 1.88. The minimum absolute atomic E-state index is 0.428. The summed E-state index contributed by atoms with van der Waals surface area (Å²) in [7, 11) is 0. The summed E-state index contributed by atoms with van der Waals surface area (Å²) in [4.78, 5) is 1.38. The van der Waals surface area contributed by atoms with Crippen LogP contribution in [0.15, 0.2) is 53.1 Å². The molecule has 14 heavy (non-hydrogen) atoms. The van der Waals surface area contributed by atoms with Crippen LogP contribution in [-0.2, 0) is 0 Å². The average molecular weight is 201 g/mol. The lowest BCUT2D eigenvalue weighted by Crippen LogP contribution is -2.19. The van der Waals surface area contributed by atoms with Crippen molar-refractivity contribution in [2.75, 3.05) is 0 Å². The van der Waals surface area contributed by atoms with Gasteiger partial charge in [-0.2, -0.15) is 0 Å². The lowest BCUT2D eigenvalue weighted by molar-refractivity contribution is 0.833. The summed E-state index contributed by atoms with van der Waals surface area (Å²) in [5.41, 5.74) is 8.41. The molecule has 2 heteroatoms. The van der Waals surface area contributed by atoms with Crippen molar-refractivity contribution in [3.05, 3.63) is 53.8 Å². The van der Waals surface area contributed by atoms with E-state index in [9.17, 15) is 0 Å². The Morgan fingerprint density at radius 3 is 3.00 bits per heavy atom. The molecule has 1 aliphatic carbocycles. The zero-order chi connectivity index (χ0) is 9.54. The largest absolute Gasteiger partial charge is 0.401 e. The molecule has 2 unspecified atom stereocenters. The molecule has 0 spiro atoms. The Bertz CT molecular complexity index is 434. The van der Waals surface area contributed by atoms with Gasteiger partial charge >= 0.3 is 0 Å². The Morgan fingerprint density at radius 1 is 1.21 bits per heavy atom. The Morgan fingerprint density at radius 2 is 2.07 bits per heavy atom. The van der Waals surface area contributed by atoms with Crippen LogP contribution in [0.1, 0.15) is 11.5 Å². The molecular formula is C12H11NS. The van der Waals surface area contributed by atoms with Gasteiger partial charge in [0.25, 0.3) is 0 Å². The second-order valence-corrected chi connectivity index (χ2v) is 4.84. The van der Waals surface area contributed by atoms with Crippen LogP contribution < -0.4 is 5.73 Å². The second-order valence-electron chi connectivity index (χ2n) is 3.65. The average Bonchev–Trinajstić information content (AvgIpc) is 2.59. The molecule has 0 fully saturated rings. The monoisotopic (exact) mass is 201 g/mol. The molecular weight excluding hydrogens is 190 g/mol. The van der Waals surface area contributed by atoms with Gasteiger partial charge in [0.2, 0.25) is 0 Å². The normalized spacial score (nSPS) is 28.1. The number of thioether (sulfide) groups is 1. The molecule has 2 atom stereocenters. The van der Waals surface area contributed by atoms with Crippen LogP contribution in [-0.4, -0.2) is 5.25 Å². The van der Waals surface area contributed by atoms with Crippen molar-refractivity contribution in [3.8, 4) is 0 Å². The van der Waals surface area contributed by atoms with Crippen molar-refractivity contribution < 1.29 is 0 Å². The van der Waals surface area contributed by atoms with Crippen LogP contribution in [0.2, 0.25) is 0 Å². The molecule has 0 aromatic heterocycles. The molecule has 0 bridgehead atoms. The molecule has 0 saturated carbocycles. The SMILES string of the molecule is NC1=CC=CC2c3ccccc3SC12. The van der Waals surface area contributed by atoms with E-state index in [0.29, 0.717) is 11.2 Å². The maximum absolute atomic E-state index is 5.99. The lowest BCUT2D eigenvalue weighted by atomic mass is 9.91. The molecule has 2 N–H and O–H groups in total. The molecule has 1 aromatic rings. The molecule has 0 amide bonds. The van der Waals surface area contributed by atoms with Crippen LogP contribution in [0.4, 0.5) is 0 Å². The number of benzene rings is 1. The van der Waals surface area contributed by atoms with Crippen molar-refractivity contribution in [1.29, 1.82) is 0 Å². The number of fused-ring (bicyclic) bond motifs is 3. The zero-order valence-corrected chi connectivity index (χ0v) is 8.50. The van der Waals surface area contributed by atoms with E-state index in [-0.39, 0.29) is 0 Å². The molecule has 0 radical (unpaired) electrons. The molecule has 1 aliphatic heterocycles. The van der Waals surface area contributed by atoms with Crippen molar-refractivity contribution in [1.82, 2.24) is 0 Å². The summed E-state index contributed by atoms with van der Waals surface area (Å²) in [5.74, 6) is 0.487. The third-order valence-corrected chi connectivity index (χ3v) is 4.24. The summed E-state index contributed by atoms with van der Waals surface area (Å²) in [6.07, 6.45) is 6.33. The van der Waals surface area contributed by atoms with Crippen molar-refractivity contribution in [3.63, 3.8) is 0 Å². The van der Waals surface area contributed by atoms with Gasteiger partial charge in [-0.05, 0) is 17.7 Å². The predicted octanol–water partition coefficient (Wildman–Crippen LogP) is 2.66. The Balaban J connectivity index is 2.11. The van der Waals surface area contributed by atoms with Gasteiger partial charge in [-0.3, -0.25) is 0 Å². The first-order valence-electron chi connectivity index (χ1n) is 4.76. The maximum atomic E-state index is 5.99. The Hall–Kier alpha value is -1.15. The summed E-state index contributed by atoms with van der Waals surface area (Å²) in [6.45, 7) is 0. The first-order chi connectivity index (χ1) is 6.86. The fourth-order valence-electron chi connectivity index (χ4n) is 2.10. The van der Waals surface area contributed by atoms with Gasteiger partial charge in [-0.1, -0.05) is 30.4 Å². The van der Waals surface area contributed by atoms with E-state index in [4.69, 9.17) is 5.73 Å². The van der Waals surface area contributed by atoms with Gasteiger partial charge in [-0.25, -0.2) is 0 Å². The molecule has 3 rings (SSSR count). The molecule has 2 aliphatic rings. The fourth-order valence-corrected chi connectivity index (χ4v) is 3.47. The minimum atomic E-state index is 0.428. The molecule has 70 valence electrons. The highest BCUT2D eigenvalue weighted by molar-refractivity contribution is 8.00. The van der Waals surface area contributed by atoms with Crippen LogP contribution in [0.5, 0.6) is 0 Å². The van der Waals surface area contributed by atoms with Crippen molar-refractivity contribution in [2.24, 2.45) is 5.73 Å². The Labute approximate surface area is 87.7 Å². The quantitative estimate of drug-likeness (QED) is 0.698. The van der Waals surface area contributed by atoms with E-state index in [1.165, 1.54) is 10.5 Å². The highest BCUT2D eigenvalue weighted by atomic mass is 32.2.